The van der Waals surface area contributed by atoms with E-state index in [0.29, 0.717) is 32.0 Å². The number of urea groups is 1. The van der Waals surface area contributed by atoms with E-state index in [1.54, 1.807) is 11.1 Å². The summed E-state index contributed by atoms with van der Waals surface area (Å²) in [5, 5.41) is 11.7. The Bertz CT molecular complexity index is 440. The number of hydrogen-bond acceptors (Lipinski definition) is 4. The first-order chi connectivity index (χ1) is 9.66. The van der Waals surface area contributed by atoms with Crippen LogP contribution < -0.4 is 5.32 Å². The van der Waals surface area contributed by atoms with Gasteiger partial charge in [-0.2, -0.15) is 0 Å². The third-order valence-corrected chi connectivity index (χ3v) is 3.08. The minimum atomic E-state index is -1.07. The number of carboxylic acids is 1. The number of H-pyrrole nitrogens is 1. The third kappa shape index (κ3) is 3.95. The van der Waals surface area contributed by atoms with Crippen LogP contribution in [-0.2, 0) is 16.0 Å². The van der Waals surface area contributed by atoms with Crippen LogP contribution in [0.15, 0.2) is 12.5 Å². The summed E-state index contributed by atoms with van der Waals surface area (Å²) >= 11 is 0. The molecule has 8 heteroatoms. The fourth-order valence-corrected chi connectivity index (χ4v) is 2.01. The number of aromatic nitrogens is 2. The minimum absolute atomic E-state index is 0.172. The lowest BCUT2D eigenvalue weighted by Crippen LogP contribution is -2.49. The van der Waals surface area contributed by atoms with Gasteiger partial charge >= 0.3 is 12.0 Å². The SMILES string of the molecule is O=C(O)[C@@H](Cc1cnc[nH]1)NC(=O)N1CCCOCC1. The first-order valence-electron chi connectivity index (χ1n) is 6.50. The summed E-state index contributed by atoms with van der Waals surface area (Å²) < 4.78 is 5.26. The molecule has 0 radical (unpaired) electrons. The Balaban J connectivity index is 1.93. The summed E-state index contributed by atoms with van der Waals surface area (Å²) in [7, 11) is 0. The molecule has 0 saturated carbocycles. The molecule has 8 nitrogen and oxygen atoms in total. The molecule has 0 spiro atoms. The molecule has 2 heterocycles. The predicted molar refractivity (Wildman–Crippen MR) is 69.3 cm³/mol. The number of carbonyl (C=O) groups is 2. The van der Waals surface area contributed by atoms with Crippen LogP contribution in [0.4, 0.5) is 4.79 Å². The number of nitrogens with zero attached hydrogens (tertiary/aromatic N) is 2. The van der Waals surface area contributed by atoms with Gasteiger partial charge in [0.15, 0.2) is 0 Å². The van der Waals surface area contributed by atoms with Gasteiger partial charge in [0.1, 0.15) is 6.04 Å². The Morgan fingerprint density at radius 3 is 3.05 bits per heavy atom. The number of carbonyl (C=O) groups excluding carboxylic acids is 1. The Morgan fingerprint density at radius 2 is 2.35 bits per heavy atom. The number of rotatable bonds is 4. The van der Waals surface area contributed by atoms with Gasteiger partial charge < -0.3 is 25.0 Å². The second-order valence-electron chi connectivity index (χ2n) is 4.57. The Labute approximate surface area is 116 Å². The lowest BCUT2D eigenvalue weighted by Gasteiger charge is -2.22. The molecule has 2 rings (SSSR count). The summed E-state index contributed by atoms with van der Waals surface area (Å²) in [6.07, 6.45) is 3.95. The molecule has 0 aliphatic carbocycles. The van der Waals surface area contributed by atoms with Gasteiger partial charge in [0, 0.05) is 38.0 Å². The van der Waals surface area contributed by atoms with Gasteiger partial charge in [-0.05, 0) is 6.42 Å². The largest absolute Gasteiger partial charge is 0.480 e. The highest BCUT2D eigenvalue weighted by atomic mass is 16.5. The molecule has 2 amide bonds. The molecule has 110 valence electrons. The van der Waals surface area contributed by atoms with Crippen LogP contribution in [0.1, 0.15) is 12.1 Å². The number of carboxylic acid groups (broad SMARTS) is 1. The Morgan fingerprint density at radius 1 is 1.50 bits per heavy atom. The number of amides is 2. The van der Waals surface area contributed by atoms with Crippen molar-refractivity contribution in [2.75, 3.05) is 26.3 Å². The molecule has 1 saturated heterocycles. The van der Waals surface area contributed by atoms with E-state index in [4.69, 9.17) is 4.74 Å². The molecule has 3 N–H and O–H groups in total. The van der Waals surface area contributed by atoms with Crippen molar-refractivity contribution in [3.05, 3.63) is 18.2 Å². The van der Waals surface area contributed by atoms with Crippen molar-refractivity contribution in [2.45, 2.75) is 18.9 Å². The van der Waals surface area contributed by atoms with Crippen molar-refractivity contribution in [2.24, 2.45) is 0 Å². The lowest BCUT2D eigenvalue weighted by atomic mass is 10.1. The van der Waals surface area contributed by atoms with Gasteiger partial charge in [-0.25, -0.2) is 14.6 Å². The first kappa shape index (κ1) is 14.3. The zero-order chi connectivity index (χ0) is 14.4. The monoisotopic (exact) mass is 282 g/mol. The molecule has 1 atom stereocenters. The molecule has 0 aromatic carbocycles. The molecule has 1 fully saturated rings. The number of ether oxygens (including phenoxy) is 1. The maximum atomic E-state index is 12.1. The molecular formula is C12H18N4O4. The van der Waals surface area contributed by atoms with Gasteiger partial charge in [0.05, 0.1) is 12.9 Å². The normalized spacial score (nSPS) is 17.3. The van der Waals surface area contributed by atoms with Gasteiger partial charge in [0.2, 0.25) is 0 Å². The van der Waals surface area contributed by atoms with Crippen LogP contribution in [0.5, 0.6) is 0 Å². The summed E-state index contributed by atoms with van der Waals surface area (Å²) in [5.41, 5.74) is 0.664. The number of nitrogens with one attached hydrogen (secondary N) is 2. The molecule has 0 bridgehead atoms. The number of imidazole rings is 1. The van der Waals surface area contributed by atoms with Gasteiger partial charge in [-0.3, -0.25) is 0 Å². The molecule has 1 aliphatic rings. The zero-order valence-corrected chi connectivity index (χ0v) is 11.0. The molecule has 0 unspecified atom stereocenters. The van der Waals surface area contributed by atoms with Crippen LogP contribution in [0.2, 0.25) is 0 Å². The van der Waals surface area contributed by atoms with Gasteiger partial charge in [-0.15, -0.1) is 0 Å². The van der Waals surface area contributed by atoms with Crippen molar-refractivity contribution in [3.8, 4) is 0 Å². The Hall–Kier alpha value is -2.09. The van der Waals surface area contributed by atoms with E-state index in [1.165, 1.54) is 6.33 Å². The fraction of sp³-hybridized carbons (Fsp3) is 0.583. The number of aromatic amines is 1. The van der Waals surface area contributed by atoms with E-state index < -0.39 is 12.0 Å². The van der Waals surface area contributed by atoms with Crippen LogP contribution in [-0.4, -0.2) is 64.3 Å². The summed E-state index contributed by atoms with van der Waals surface area (Å²) in [6, 6.07) is -1.35. The predicted octanol–water partition coefficient (Wildman–Crippen LogP) is -0.163. The third-order valence-electron chi connectivity index (χ3n) is 3.08. The smallest absolute Gasteiger partial charge is 0.326 e. The number of aliphatic carboxylic acids is 1. The second kappa shape index (κ2) is 6.90. The highest BCUT2D eigenvalue weighted by molar-refractivity contribution is 5.82. The van der Waals surface area contributed by atoms with Crippen molar-refractivity contribution in [1.82, 2.24) is 20.2 Å². The quantitative estimate of drug-likeness (QED) is 0.711. The van der Waals surface area contributed by atoms with Crippen molar-refractivity contribution >= 4 is 12.0 Å². The molecule has 1 aromatic rings. The lowest BCUT2D eigenvalue weighted by molar-refractivity contribution is -0.139. The Kier molecular flexibility index (Phi) is 4.94. The standard InChI is InChI=1S/C12H18N4O4/c17-11(18)10(6-9-7-13-8-14-9)15-12(19)16-2-1-4-20-5-3-16/h7-8,10H,1-6H2,(H,13,14)(H,15,19)(H,17,18)/t10-/m1/s1. The van der Waals surface area contributed by atoms with E-state index in [2.05, 4.69) is 15.3 Å². The van der Waals surface area contributed by atoms with E-state index in [0.717, 1.165) is 6.42 Å². The maximum Gasteiger partial charge on any atom is 0.326 e. The van der Waals surface area contributed by atoms with Crippen LogP contribution in [0, 0.1) is 0 Å². The topological polar surface area (TPSA) is 108 Å². The number of hydrogen-bond donors (Lipinski definition) is 3. The van der Waals surface area contributed by atoms with E-state index in [-0.39, 0.29) is 12.5 Å². The zero-order valence-electron chi connectivity index (χ0n) is 11.0. The van der Waals surface area contributed by atoms with E-state index in [9.17, 15) is 14.7 Å². The highest BCUT2D eigenvalue weighted by Gasteiger charge is 2.24. The van der Waals surface area contributed by atoms with E-state index in [1.807, 2.05) is 0 Å². The van der Waals surface area contributed by atoms with E-state index >= 15 is 0 Å². The first-order valence-corrected chi connectivity index (χ1v) is 6.50. The van der Waals surface area contributed by atoms with Gasteiger partial charge in [-0.1, -0.05) is 0 Å². The summed E-state index contributed by atoms with van der Waals surface area (Å²) in [4.78, 5) is 31.5. The van der Waals surface area contributed by atoms with Crippen LogP contribution in [0.3, 0.4) is 0 Å². The summed E-state index contributed by atoms with van der Waals surface area (Å²) in [5.74, 6) is -1.07. The van der Waals surface area contributed by atoms with Crippen molar-refractivity contribution in [1.29, 1.82) is 0 Å². The maximum absolute atomic E-state index is 12.1. The molecule has 20 heavy (non-hydrogen) atoms. The summed E-state index contributed by atoms with van der Waals surface area (Å²) in [6.45, 7) is 2.15. The molecule has 1 aliphatic heterocycles. The fourth-order valence-electron chi connectivity index (χ4n) is 2.01. The van der Waals surface area contributed by atoms with Crippen molar-refractivity contribution in [3.63, 3.8) is 0 Å². The average molecular weight is 282 g/mol. The molecule has 1 aromatic heterocycles. The van der Waals surface area contributed by atoms with Gasteiger partial charge in [0.25, 0.3) is 0 Å². The molecular weight excluding hydrogens is 264 g/mol. The highest BCUT2D eigenvalue weighted by Crippen LogP contribution is 2.03. The van der Waals surface area contributed by atoms with Crippen LogP contribution in [0.25, 0.3) is 0 Å². The van der Waals surface area contributed by atoms with Crippen molar-refractivity contribution < 1.29 is 19.4 Å². The van der Waals surface area contributed by atoms with Crippen LogP contribution >= 0.6 is 0 Å². The minimum Gasteiger partial charge on any atom is -0.480 e. The second-order valence-corrected chi connectivity index (χ2v) is 4.57. The average Bonchev–Trinajstić information content (AvgIpc) is 2.77.